The van der Waals surface area contributed by atoms with E-state index < -0.39 is 0 Å². The molecule has 2 amide bonds. The fraction of sp³-hybridized carbons (Fsp3) is 0.217. The second-order valence-corrected chi connectivity index (χ2v) is 6.78. The van der Waals surface area contributed by atoms with Gasteiger partial charge in [0.15, 0.2) is 0 Å². The number of amides is 2. The van der Waals surface area contributed by atoms with E-state index in [1.165, 1.54) is 14.0 Å². The molecule has 0 saturated heterocycles. The van der Waals surface area contributed by atoms with E-state index in [2.05, 4.69) is 10.6 Å². The molecule has 0 fully saturated rings. The van der Waals surface area contributed by atoms with Gasteiger partial charge in [0.05, 0.1) is 25.8 Å². The Hall–Kier alpha value is -3.54. The first-order valence-corrected chi connectivity index (χ1v) is 9.25. The second kappa shape index (κ2) is 8.65. The topological polar surface area (TPSA) is 76.7 Å². The summed E-state index contributed by atoms with van der Waals surface area (Å²) in [5.41, 5.74) is 1.99. The Bertz CT molecular complexity index is 1060. The van der Waals surface area contributed by atoms with Crippen molar-refractivity contribution in [1.29, 1.82) is 0 Å². The van der Waals surface area contributed by atoms with E-state index in [1.807, 2.05) is 43.3 Å². The summed E-state index contributed by atoms with van der Waals surface area (Å²) in [6.45, 7) is 3.28. The van der Waals surface area contributed by atoms with Crippen LogP contribution in [-0.4, -0.2) is 26.0 Å². The van der Waals surface area contributed by atoms with Crippen molar-refractivity contribution < 1.29 is 19.1 Å². The van der Waals surface area contributed by atoms with E-state index >= 15 is 0 Å². The summed E-state index contributed by atoms with van der Waals surface area (Å²) in [5, 5.41) is 7.69. The van der Waals surface area contributed by atoms with Gasteiger partial charge in [0.1, 0.15) is 11.5 Å². The Balaban J connectivity index is 1.83. The molecule has 0 bridgehead atoms. The SMILES string of the molecule is COc1ccc2cc([C@H](C)C(=O)Nc3cc(NC(C)=O)ccc3OC)ccc2c1. The number of rotatable bonds is 6. The fourth-order valence-electron chi connectivity index (χ4n) is 3.12. The summed E-state index contributed by atoms with van der Waals surface area (Å²) in [4.78, 5) is 24.2. The number of nitrogens with one attached hydrogen (secondary N) is 2. The van der Waals surface area contributed by atoms with E-state index in [0.29, 0.717) is 17.1 Å². The van der Waals surface area contributed by atoms with Crippen LogP contribution in [0.5, 0.6) is 11.5 Å². The Morgan fingerprint density at radius 3 is 2.28 bits per heavy atom. The molecule has 0 spiro atoms. The minimum atomic E-state index is -0.379. The molecular formula is C23H24N2O4. The molecule has 0 aliphatic rings. The van der Waals surface area contributed by atoms with Crippen molar-refractivity contribution in [2.45, 2.75) is 19.8 Å². The van der Waals surface area contributed by atoms with E-state index in [1.54, 1.807) is 25.3 Å². The lowest BCUT2D eigenvalue weighted by Gasteiger charge is -2.16. The summed E-state index contributed by atoms with van der Waals surface area (Å²) in [5.74, 6) is 0.577. The van der Waals surface area contributed by atoms with Gasteiger partial charge in [0.25, 0.3) is 0 Å². The maximum atomic E-state index is 12.9. The van der Waals surface area contributed by atoms with E-state index in [0.717, 1.165) is 22.1 Å². The van der Waals surface area contributed by atoms with Gasteiger partial charge in [-0.05, 0) is 53.6 Å². The normalized spacial score (nSPS) is 11.6. The predicted molar refractivity (Wildman–Crippen MR) is 115 cm³/mol. The van der Waals surface area contributed by atoms with E-state index in [4.69, 9.17) is 9.47 Å². The predicted octanol–water partition coefficient (Wildman–Crippen LogP) is 4.56. The molecule has 0 radical (unpaired) electrons. The van der Waals surface area contributed by atoms with Crippen molar-refractivity contribution in [2.75, 3.05) is 24.9 Å². The third kappa shape index (κ3) is 4.66. The zero-order valence-corrected chi connectivity index (χ0v) is 16.9. The molecule has 0 heterocycles. The number of benzene rings is 3. The molecule has 0 aliphatic heterocycles. The van der Waals surface area contributed by atoms with Crippen molar-refractivity contribution in [3.05, 3.63) is 60.2 Å². The van der Waals surface area contributed by atoms with Gasteiger partial charge in [-0.2, -0.15) is 0 Å². The molecular weight excluding hydrogens is 368 g/mol. The third-order valence-corrected chi connectivity index (χ3v) is 4.74. The van der Waals surface area contributed by atoms with Crippen molar-refractivity contribution in [3.8, 4) is 11.5 Å². The van der Waals surface area contributed by atoms with Crippen molar-refractivity contribution in [1.82, 2.24) is 0 Å². The minimum absolute atomic E-state index is 0.170. The molecule has 3 aromatic rings. The zero-order valence-electron chi connectivity index (χ0n) is 16.9. The van der Waals surface area contributed by atoms with Crippen LogP contribution in [0.15, 0.2) is 54.6 Å². The molecule has 2 N–H and O–H groups in total. The van der Waals surface area contributed by atoms with Gasteiger partial charge in [0, 0.05) is 12.6 Å². The number of methoxy groups -OCH3 is 2. The average molecular weight is 392 g/mol. The Kier molecular flexibility index (Phi) is 6.02. The summed E-state index contributed by atoms with van der Waals surface area (Å²) in [7, 11) is 3.17. The maximum Gasteiger partial charge on any atom is 0.231 e. The molecule has 150 valence electrons. The zero-order chi connectivity index (χ0) is 21.0. The van der Waals surface area contributed by atoms with Crippen LogP contribution in [0.3, 0.4) is 0 Å². The van der Waals surface area contributed by atoms with Crippen LogP contribution in [0.1, 0.15) is 25.3 Å². The number of ether oxygens (including phenoxy) is 2. The minimum Gasteiger partial charge on any atom is -0.497 e. The Morgan fingerprint density at radius 2 is 1.59 bits per heavy atom. The highest BCUT2D eigenvalue weighted by atomic mass is 16.5. The quantitative estimate of drug-likeness (QED) is 0.645. The molecule has 0 saturated carbocycles. The highest BCUT2D eigenvalue weighted by Crippen LogP contribution is 2.30. The molecule has 3 aromatic carbocycles. The van der Waals surface area contributed by atoms with E-state index in [-0.39, 0.29) is 17.7 Å². The Labute approximate surface area is 169 Å². The molecule has 0 aromatic heterocycles. The van der Waals surface area contributed by atoms with E-state index in [9.17, 15) is 9.59 Å². The number of fused-ring (bicyclic) bond motifs is 1. The average Bonchev–Trinajstić information content (AvgIpc) is 2.72. The van der Waals surface area contributed by atoms with Crippen LogP contribution < -0.4 is 20.1 Å². The van der Waals surface area contributed by atoms with Gasteiger partial charge in [-0.1, -0.05) is 24.3 Å². The van der Waals surface area contributed by atoms with Crippen molar-refractivity contribution in [3.63, 3.8) is 0 Å². The van der Waals surface area contributed by atoms with Crippen LogP contribution >= 0.6 is 0 Å². The molecule has 3 rings (SSSR count). The van der Waals surface area contributed by atoms with Crippen LogP contribution in [0.4, 0.5) is 11.4 Å². The molecule has 0 unspecified atom stereocenters. The number of carbonyl (C=O) groups excluding carboxylic acids is 2. The molecule has 29 heavy (non-hydrogen) atoms. The lowest BCUT2D eigenvalue weighted by Crippen LogP contribution is -2.19. The highest BCUT2D eigenvalue weighted by Gasteiger charge is 2.18. The second-order valence-electron chi connectivity index (χ2n) is 6.78. The summed E-state index contributed by atoms with van der Waals surface area (Å²) in [6.07, 6.45) is 0. The van der Waals surface area contributed by atoms with Gasteiger partial charge in [-0.3, -0.25) is 9.59 Å². The number of carbonyl (C=O) groups is 2. The first kappa shape index (κ1) is 20.2. The lowest BCUT2D eigenvalue weighted by molar-refractivity contribution is -0.117. The smallest absolute Gasteiger partial charge is 0.231 e. The van der Waals surface area contributed by atoms with Gasteiger partial charge in [0.2, 0.25) is 11.8 Å². The molecule has 6 nitrogen and oxygen atoms in total. The Morgan fingerprint density at radius 1 is 0.862 bits per heavy atom. The third-order valence-electron chi connectivity index (χ3n) is 4.74. The largest absolute Gasteiger partial charge is 0.497 e. The van der Waals surface area contributed by atoms with Crippen LogP contribution in [0, 0.1) is 0 Å². The molecule has 6 heteroatoms. The van der Waals surface area contributed by atoms with Crippen LogP contribution in [0.2, 0.25) is 0 Å². The number of anilines is 2. The highest BCUT2D eigenvalue weighted by molar-refractivity contribution is 5.99. The standard InChI is InChI=1S/C23H24N2O4/c1-14(16-5-6-18-12-20(28-3)9-7-17(18)11-16)23(27)25-21-13-19(24-15(2)26)8-10-22(21)29-4/h5-14H,1-4H3,(H,24,26)(H,25,27)/t14-/m0/s1. The van der Waals surface area contributed by atoms with Gasteiger partial charge in [-0.15, -0.1) is 0 Å². The summed E-state index contributed by atoms with van der Waals surface area (Å²) >= 11 is 0. The van der Waals surface area contributed by atoms with Crippen LogP contribution in [0.25, 0.3) is 10.8 Å². The maximum absolute atomic E-state index is 12.9. The molecule has 1 atom stereocenters. The van der Waals surface area contributed by atoms with Crippen molar-refractivity contribution >= 4 is 34.0 Å². The number of hydrogen-bond donors (Lipinski definition) is 2. The monoisotopic (exact) mass is 392 g/mol. The molecule has 0 aliphatic carbocycles. The lowest BCUT2D eigenvalue weighted by atomic mass is 9.97. The summed E-state index contributed by atoms with van der Waals surface area (Å²) < 4.78 is 10.6. The van der Waals surface area contributed by atoms with Gasteiger partial charge >= 0.3 is 0 Å². The number of hydrogen-bond acceptors (Lipinski definition) is 4. The first-order chi connectivity index (χ1) is 13.9. The van der Waals surface area contributed by atoms with Gasteiger partial charge in [-0.25, -0.2) is 0 Å². The van der Waals surface area contributed by atoms with Gasteiger partial charge < -0.3 is 20.1 Å². The first-order valence-electron chi connectivity index (χ1n) is 9.25. The fourth-order valence-corrected chi connectivity index (χ4v) is 3.12. The van der Waals surface area contributed by atoms with Crippen LogP contribution in [-0.2, 0) is 9.59 Å². The summed E-state index contributed by atoms with van der Waals surface area (Å²) in [6, 6.07) is 16.9. The van der Waals surface area contributed by atoms with Crippen molar-refractivity contribution in [2.24, 2.45) is 0 Å².